The number of sulfonamides is 1. The molecule has 0 radical (unpaired) electrons. The number of rotatable bonds is 11. The highest BCUT2D eigenvalue weighted by Crippen LogP contribution is 2.39. The van der Waals surface area contributed by atoms with Gasteiger partial charge in [0.25, 0.3) is 5.91 Å². The molecule has 0 unspecified atom stereocenters. The van der Waals surface area contributed by atoms with Crippen LogP contribution < -0.4 is 23.8 Å². The fourth-order valence-electron chi connectivity index (χ4n) is 3.31. The molecule has 0 aliphatic heterocycles. The van der Waals surface area contributed by atoms with Gasteiger partial charge in [-0.1, -0.05) is 35.3 Å². The summed E-state index contributed by atoms with van der Waals surface area (Å²) in [6.45, 7) is 0.612. The third-order valence-electron chi connectivity index (χ3n) is 5.13. The smallest absolute Gasteiger partial charge is 0.251 e. The molecule has 3 aromatic carbocycles. The summed E-state index contributed by atoms with van der Waals surface area (Å²) >= 11 is 12.0. The number of methoxy groups -OCH3 is 2. The van der Waals surface area contributed by atoms with Gasteiger partial charge in [0, 0.05) is 22.7 Å². The fraction of sp³-hybridized carbons (Fsp3) is 0.240. The van der Waals surface area contributed by atoms with Crippen molar-refractivity contribution < 1.29 is 27.4 Å². The van der Waals surface area contributed by atoms with Gasteiger partial charge in [-0.3, -0.25) is 9.10 Å². The second-order valence-electron chi connectivity index (χ2n) is 7.68. The molecular formula is C25H26Cl2N2O6S. The number of hydrogen-bond donors (Lipinski definition) is 1. The number of nitrogens with one attached hydrogen (secondary N) is 1. The summed E-state index contributed by atoms with van der Waals surface area (Å²) in [5, 5.41) is 3.69. The topological polar surface area (TPSA) is 94.2 Å². The van der Waals surface area contributed by atoms with Crippen LogP contribution in [-0.4, -0.2) is 48.0 Å². The highest BCUT2D eigenvalue weighted by molar-refractivity contribution is 7.92. The molecule has 0 saturated carbocycles. The molecule has 11 heteroatoms. The third-order valence-corrected chi connectivity index (χ3v) is 6.81. The van der Waals surface area contributed by atoms with E-state index in [9.17, 15) is 13.2 Å². The molecule has 3 rings (SSSR count). The predicted octanol–water partition coefficient (Wildman–Crippen LogP) is 4.79. The van der Waals surface area contributed by atoms with Gasteiger partial charge in [0.15, 0.2) is 0 Å². The van der Waals surface area contributed by atoms with Crippen LogP contribution >= 0.6 is 23.2 Å². The number of hydrogen-bond acceptors (Lipinski definition) is 6. The van der Waals surface area contributed by atoms with Crippen LogP contribution in [0.2, 0.25) is 10.0 Å². The summed E-state index contributed by atoms with van der Waals surface area (Å²) in [4.78, 5) is 12.5. The second kappa shape index (κ2) is 12.2. The number of anilines is 1. The molecule has 36 heavy (non-hydrogen) atoms. The van der Waals surface area contributed by atoms with E-state index in [1.807, 2.05) is 0 Å². The van der Waals surface area contributed by atoms with Crippen LogP contribution in [0.15, 0.2) is 60.7 Å². The first-order valence-corrected chi connectivity index (χ1v) is 13.4. The van der Waals surface area contributed by atoms with Gasteiger partial charge in [-0.25, -0.2) is 8.42 Å². The Hall–Kier alpha value is -3.14. The molecule has 192 valence electrons. The summed E-state index contributed by atoms with van der Waals surface area (Å²) in [6.07, 6.45) is 1.10. The Morgan fingerprint density at radius 2 is 1.58 bits per heavy atom. The third kappa shape index (κ3) is 7.19. The minimum Gasteiger partial charge on any atom is -0.495 e. The van der Waals surface area contributed by atoms with E-state index in [1.165, 1.54) is 30.7 Å². The van der Waals surface area contributed by atoms with Crippen molar-refractivity contribution in [2.24, 2.45) is 0 Å². The highest BCUT2D eigenvalue weighted by atomic mass is 35.5. The van der Waals surface area contributed by atoms with Crippen LogP contribution in [-0.2, 0) is 16.6 Å². The Kier molecular flexibility index (Phi) is 9.31. The summed E-state index contributed by atoms with van der Waals surface area (Å²) in [5.41, 5.74) is 1.38. The van der Waals surface area contributed by atoms with Crippen molar-refractivity contribution in [1.29, 1.82) is 0 Å². The largest absolute Gasteiger partial charge is 0.495 e. The quantitative estimate of drug-likeness (QED) is 0.344. The van der Waals surface area contributed by atoms with E-state index in [0.717, 1.165) is 6.26 Å². The standard InChI is InChI=1S/C25H26Cl2N2O6S/c1-33-23-15-22(24(34-2)14-21(23)27)29(36(3,31)32)16-17-4-6-18(7-5-17)25(30)28-12-13-35-20-10-8-19(26)9-11-20/h4-11,14-15H,12-13,16H2,1-3H3,(H,28,30). The first kappa shape index (κ1) is 27.4. The number of nitrogens with zero attached hydrogens (tertiary/aromatic N) is 1. The lowest BCUT2D eigenvalue weighted by Crippen LogP contribution is -2.30. The maximum absolute atomic E-state index is 12.6. The van der Waals surface area contributed by atoms with Crippen LogP contribution in [0.25, 0.3) is 0 Å². The Morgan fingerprint density at radius 3 is 2.17 bits per heavy atom. The molecule has 0 fully saturated rings. The van der Waals surface area contributed by atoms with Gasteiger partial charge in [0.2, 0.25) is 10.0 Å². The molecule has 0 heterocycles. The molecule has 1 N–H and O–H groups in total. The zero-order valence-electron chi connectivity index (χ0n) is 20.0. The van der Waals surface area contributed by atoms with Gasteiger partial charge >= 0.3 is 0 Å². The van der Waals surface area contributed by atoms with Crippen LogP contribution in [0.5, 0.6) is 17.2 Å². The van der Waals surface area contributed by atoms with E-state index in [0.29, 0.717) is 45.8 Å². The summed E-state index contributed by atoms with van der Waals surface area (Å²) in [7, 11) is -0.832. The molecule has 0 spiro atoms. The molecular weight excluding hydrogens is 527 g/mol. The Balaban J connectivity index is 1.67. The first-order valence-electron chi connectivity index (χ1n) is 10.8. The van der Waals surface area contributed by atoms with Gasteiger partial charge in [0.1, 0.15) is 23.9 Å². The van der Waals surface area contributed by atoms with Crippen molar-refractivity contribution in [2.75, 3.05) is 37.9 Å². The molecule has 1 amide bonds. The normalized spacial score (nSPS) is 11.0. The Bertz CT molecular complexity index is 1300. The number of carbonyl (C=O) groups is 1. The molecule has 0 saturated heterocycles. The number of amides is 1. The van der Waals surface area contributed by atoms with Crippen molar-refractivity contribution >= 4 is 44.8 Å². The monoisotopic (exact) mass is 552 g/mol. The van der Waals surface area contributed by atoms with Gasteiger partial charge in [-0.05, 0) is 42.0 Å². The van der Waals surface area contributed by atoms with Crippen LogP contribution in [0, 0.1) is 0 Å². The van der Waals surface area contributed by atoms with Gasteiger partial charge < -0.3 is 19.5 Å². The average molecular weight is 553 g/mol. The lowest BCUT2D eigenvalue weighted by Gasteiger charge is -2.25. The van der Waals surface area contributed by atoms with Crippen molar-refractivity contribution in [3.05, 3.63) is 81.8 Å². The SMILES string of the molecule is COc1cc(N(Cc2ccc(C(=O)NCCOc3ccc(Cl)cc3)cc2)S(C)(=O)=O)c(OC)cc1Cl. The van der Waals surface area contributed by atoms with Crippen molar-refractivity contribution in [1.82, 2.24) is 5.32 Å². The molecule has 0 aromatic heterocycles. The van der Waals surface area contributed by atoms with E-state index in [-0.39, 0.29) is 23.9 Å². The lowest BCUT2D eigenvalue weighted by molar-refractivity contribution is 0.0947. The minimum atomic E-state index is -3.70. The number of carbonyl (C=O) groups excluding carboxylic acids is 1. The maximum Gasteiger partial charge on any atom is 0.251 e. The molecule has 3 aromatic rings. The van der Waals surface area contributed by atoms with E-state index < -0.39 is 10.0 Å². The number of halogens is 2. The molecule has 8 nitrogen and oxygen atoms in total. The minimum absolute atomic E-state index is 0.0107. The zero-order valence-corrected chi connectivity index (χ0v) is 22.3. The van der Waals surface area contributed by atoms with Gasteiger partial charge in [0.05, 0.1) is 44.3 Å². The van der Waals surface area contributed by atoms with Gasteiger partial charge in [-0.2, -0.15) is 0 Å². The number of benzene rings is 3. The van der Waals surface area contributed by atoms with Crippen LogP contribution in [0.1, 0.15) is 15.9 Å². The van der Waals surface area contributed by atoms with Crippen molar-refractivity contribution in [2.45, 2.75) is 6.54 Å². The van der Waals surface area contributed by atoms with E-state index >= 15 is 0 Å². The molecule has 0 aliphatic carbocycles. The number of ether oxygens (including phenoxy) is 3. The molecule has 0 atom stereocenters. The van der Waals surface area contributed by atoms with E-state index in [2.05, 4.69) is 5.32 Å². The zero-order chi connectivity index (χ0) is 26.3. The maximum atomic E-state index is 12.6. The first-order chi connectivity index (χ1) is 17.1. The Labute approximate surface area is 220 Å². The van der Waals surface area contributed by atoms with Crippen LogP contribution in [0.4, 0.5) is 5.69 Å². The summed E-state index contributed by atoms with van der Waals surface area (Å²) in [5.74, 6) is 0.977. The van der Waals surface area contributed by atoms with Crippen molar-refractivity contribution in [3.63, 3.8) is 0 Å². The summed E-state index contributed by atoms with van der Waals surface area (Å²) in [6, 6.07) is 16.6. The van der Waals surface area contributed by atoms with E-state index in [1.54, 1.807) is 48.5 Å². The van der Waals surface area contributed by atoms with Crippen molar-refractivity contribution in [3.8, 4) is 17.2 Å². The van der Waals surface area contributed by atoms with Gasteiger partial charge in [-0.15, -0.1) is 0 Å². The predicted molar refractivity (Wildman–Crippen MR) is 141 cm³/mol. The fourth-order valence-corrected chi connectivity index (χ4v) is 4.55. The summed E-state index contributed by atoms with van der Waals surface area (Å²) < 4.78 is 42.6. The molecule has 0 aliphatic rings. The lowest BCUT2D eigenvalue weighted by atomic mass is 10.1. The second-order valence-corrected chi connectivity index (χ2v) is 10.4. The van der Waals surface area contributed by atoms with Crippen LogP contribution in [0.3, 0.4) is 0 Å². The molecule has 0 bridgehead atoms. The average Bonchev–Trinajstić information content (AvgIpc) is 2.85. The Morgan fingerprint density at radius 1 is 0.944 bits per heavy atom. The highest BCUT2D eigenvalue weighted by Gasteiger charge is 2.24. The van der Waals surface area contributed by atoms with E-state index in [4.69, 9.17) is 37.4 Å².